The smallest absolute Gasteiger partial charge is 0.272 e. The zero-order valence-electron chi connectivity index (χ0n) is 15.8. The number of aromatic amines is 1. The van der Waals surface area contributed by atoms with Crippen LogP contribution in [-0.4, -0.2) is 70.2 Å². The summed E-state index contributed by atoms with van der Waals surface area (Å²) in [5, 5.41) is 10.9. The summed E-state index contributed by atoms with van der Waals surface area (Å²) in [6, 6.07) is 9.51. The van der Waals surface area contributed by atoms with Crippen molar-refractivity contribution in [1.82, 2.24) is 30.4 Å². The first-order valence-electron chi connectivity index (χ1n) is 9.77. The molecule has 3 heterocycles. The molecule has 3 aromatic rings. The van der Waals surface area contributed by atoms with E-state index in [1.165, 1.54) is 0 Å². The lowest BCUT2D eigenvalue weighted by Crippen LogP contribution is -2.47. The van der Waals surface area contributed by atoms with Gasteiger partial charge in [-0.1, -0.05) is 18.2 Å². The summed E-state index contributed by atoms with van der Waals surface area (Å²) in [5.74, 6) is 0.699. The van der Waals surface area contributed by atoms with Crippen molar-refractivity contribution >= 4 is 22.8 Å². The van der Waals surface area contributed by atoms with Gasteiger partial charge in [0.05, 0.1) is 5.52 Å². The predicted octanol–water partition coefficient (Wildman–Crippen LogP) is 1.69. The quantitative estimate of drug-likeness (QED) is 0.607. The number of nitrogens with zero attached hydrogens (tertiary/aromatic N) is 5. The first-order chi connectivity index (χ1) is 13.8. The molecule has 1 amide bonds. The van der Waals surface area contributed by atoms with E-state index in [0.717, 1.165) is 62.4 Å². The van der Waals surface area contributed by atoms with Crippen LogP contribution in [0.15, 0.2) is 42.7 Å². The Bertz CT molecular complexity index is 903. The molecule has 1 saturated heterocycles. The number of hydrogen-bond acceptors (Lipinski definition) is 6. The molecule has 146 valence electrons. The van der Waals surface area contributed by atoms with Gasteiger partial charge in [-0.25, -0.2) is 9.97 Å². The Morgan fingerprint density at radius 3 is 2.64 bits per heavy atom. The predicted molar refractivity (Wildman–Crippen MR) is 108 cm³/mol. The minimum atomic E-state index is -0.117. The highest BCUT2D eigenvalue weighted by Gasteiger charge is 2.18. The first kappa shape index (κ1) is 18.4. The molecule has 2 N–H and O–H groups in total. The van der Waals surface area contributed by atoms with E-state index in [1.807, 2.05) is 30.3 Å². The lowest BCUT2D eigenvalue weighted by Gasteiger charge is -2.34. The Morgan fingerprint density at radius 2 is 1.82 bits per heavy atom. The van der Waals surface area contributed by atoms with Crippen LogP contribution in [0.4, 0.5) is 5.95 Å². The maximum atomic E-state index is 12.3. The minimum Gasteiger partial charge on any atom is -0.351 e. The number of benzene rings is 1. The van der Waals surface area contributed by atoms with E-state index >= 15 is 0 Å². The topological polar surface area (TPSA) is 90.0 Å². The molecule has 0 unspecified atom stereocenters. The Hall–Kier alpha value is -3.00. The number of hydrogen-bond donors (Lipinski definition) is 2. The van der Waals surface area contributed by atoms with Crippen LogP contribution in [0, 0.1) is 0 Å². The van der Waals surface area contributed by atoms with E-state index in [0.29, 0.717) is 12.2 Å². The second-order valence-corrected chi connectivity index (χ2v) is 6.96. The van der Waals surface area contributed by atoms with Crippen molar-refractivity contribution in [3.05, 3.63) is 48.4 Å². The summed E-state index contributed by atoms with van der Waals surface area (Å²) < 4.78 is 0. The fourth-order valence-corrected chi connectivity index (χ4v) is 3.51. The molecule has 1 fully saturated rings. The van der Waals surface area contributed by atoms with E-state index in [-0.39, 0.29) is 5.91 Å². The number of para-hydroxylation sites is 1. The van der Waals surface area contributed by atoms with E-state index in [9.17, 15) is 4.79 Å². The minimum absolute atomic E-state index is 0.117. The number of carbonyl (C=O) groups is 1. The number of H-pyrrole nitrogens is 1. The van der Waals surface area contributed by atoms with Crippen molar-refractivity contribution in [1.29, 1.82) is 0 Å². The third-order valence-electron chi connectivity index (χ3n) is 5.08. The van der Waals surface area contributed by atoms with Crippen molar-refractivity contribution < 1.29 is 4.79 Å². The summed E-state index contributed by atoms with van der Waals surface area (Å²) >= 11 is 0. The zero-order chi connectivity index (χ0) is 19.2. The lowest BCUT2D eigenvalue weighted by atomic mass is 10.2. The molecule has 1 aromatic carbocycles. The molecule has 8 nitrogen and oxygen atoms in total. The maximum absolute atomic E-state index is 12.3. The summed E-state index contributed by atoms with van der Waals surface area (Å²) in [5.41, 5.74) is 1.35. The van der Waals surface area contributed by atoms with Crippen LogP contribution in [-0.2, 0) is 0 Å². The van der Waals surface area contributed by atoms with Gasteiger partial charge >= 0.3 is 0 Å². The van der Waals surface area contributed by atoms with Crippen LogP contribution in [0.25, 0.3) is 10.9 Å². The summed E-state index contributed by atoms with van der Waals surface area (Å²) in [6.45, 7) is 5.65. The fourth-order valence-electron chi connectivity index (χ4n) is 3.51. The molecule has 1 aliphatic heterocycles. The van der Waals surface area contributed by atoms with Crippen LogP contribution in [0.3, 0.4) is 0 Å². The van der Waals surface area contributed by atoms with Gasteiger partial charge < -0.3 is 10.2 Å². The van der Waals surface area contributed by atoms with Crippen LogP contribution in [0.1, 0.15) is 23.3 Å². The molecule has 4 rings (SSSR count). The first-order valence-corrected chi connectivity index (χ1v) is 9.77. The second-order valence-electron chi connectivity index (χ2n) is 6.96. The van der Waals surface area contributed by atoms with Gasteiger partial charge in [0.1, 0.15) is 0 Å². The molecule has 0 aliphatic carbocycles. The monoisotopic (exact) mass is 379 g/mol. The van der Waals surface area contributed by atoms with Crippen LogP contribution < -0.4 is 10.2 Å². The third-order valence-corrected chi connectivity index (χ3v) is 5.08. The third kappa shape index (κ3) is 4.28. The Kier molecular flexibility index (Phi) is 5.77. The maximum Gasteiger partial charge on any atom is 0.272 e. The van der Waals surface area contributed by atoms with Crippen molar-refractivity contribution in [3.8, 4) is 0 Å². The number of nitrogens with one attached hydrogen (secondary N) is 2. The molecule has 8 heteroatoms. The molecule has 2 aromatic heterocycles. The van der Waals surface area contributed by atoms with Crippen molar-refractivity contribution in [2.75, 3.05) is 44.2 Å². The Balaban J connectivity index is 1.14. The number of amides is 1. The van der Waals surface area contributed by atoms with Crippen LogP contribution in [0.2, 0.25) is 0 Å². The average Bonchev–Trinajstić information content (AvgIpc) is 3.19. The van der Waals surface area contributed by atoms with Gasteiger partial charge in [0.25, 0.3) is 5.91 Å². The highest BCUT2D eigenvalue weighted by Crippen LogP contribution is 2.15. The van der Waals surface area contributed by atoms with E-state index < -0.39 is 0 Å². The van der Waals surface area contributed by atoms with E-state index in [2.05, 4.69) is 35.3 Å². The van der Waals surface area contributed by atoms with Gasteiger partial charge in [-0.3, -0.25) is 14.8 Å². The molecule has 0 spiro atoms. The molecule has 0 saturated carbocycles. The fraction of sp³-hybridized carbons (Fsp3) is 0.400. The number of fused-ring (bicyclic) bond motifs is 1. The Labute approximate surface area is 164 Å². The van der Waals surface area contributed by atoms with Crippen molar-refractivity contribution in [2.24, 2.45) is 0 Å². The standard InChI is InChI=1S/C20H25N7O/c28-19(18-16-6-1-2-7-17(16)24-25-18)21-8-3-4-11-26-12-14-27(15-13-26)20-22-9-5-10-23-20/h1-2,5-7,9-10H,3-4,8,11-15H2,(H,21,28)(H,24,25). The average molecular weight is 379 g/mol. The molecule has 28 heavy (non-hydrogen) atoms. The molecule has 0 atom stereocenters. The molecule has 1 aliphatic rings. The molecular formula is C20H25N7O. The second kappa shape index (κ2) is 8.79. The van der Waals surface area contributed by atoms with E-state index in [4.69, 9.17) is 0 Å². The number of aromatic nitrogens is 4. The van der Waals surface area contributed by atoms with Gasteiger partial charge in [-0.15, -0.1) is 0 Å². The number of unbranched alkanes of at least 4 members (excludes halogenated alkanes) is 1. The van der Waals surface area contributed by atoms with Gasteiger partial charge in [-0.2, -0.15) is 5.10 Å². The normalized spacial score (nSPS) is 15.1. The number of piperazine rings is 1. The number of anilines is 1. The summed E-state index contributed by atoms with van der Waals surface area (Å²) in [4.78, 5) is 25.7. The van der Waals surface area contributed by atoms with Crippen molar-refractivity contribution in [2.45, 2.75) is 12.8 Å². The molecule has 0 radical (unpaired) electrons. The van der Waals surface area contributed by atoms with Gasteiger partial charge in [0.2, 0.25) is 5.95 Å². The van der Waals surface area contributed by atoms with Crippen LogP contribution in [0.5, 0.6) is 0 Å². The summed E-state index contributed by atoms with van der Waals surface area (Å²) in [6.07, 6.45) is 5.59. The van der Waals surface area contributed by atoms with E-state index in [1.54, 1.807) is 12.4 Å². The molecular weight excluding hydrogens is 354 g/mol. The molecule has 0 bridgehead atoms. The largest absolute Gasteiger partial charge is 0.351 e. The van der Waals surface area contributed by atoms with Crippen molar-refractivity contribution in [3.63, 3.8) is 0 Å². The highest BCUT2D eigenvalue weighted by molar-refractivity contribution is 6.04. The highest BCUT2D eigenvalue weighted by atomic mass is 16.1. The summed E-state index contributed by atoms with van der Waals surface area (Å²) in [7, 11) is 0. The van der Waals surface area contributed by atoms with Gasteiger partial charge in [-0.05, 0) is 31.5 Å². The number of rotatable bonds is 7. The van der Waals surface area contributed by atoms with Crippen LogP contribution >= 0.6 is 0 Å². The zero-order valence-corrected chi connectivity index (χ0v) is 15.8. The lowest BCUT2D eigenvalue weighted by molar-refractivity contribution is 0.0949. The number of carbonyl (C=O) groups excluding carboxylic acids is 1. The van der Waals surface area contributed by atoms with Gasteiger partial charge in [0, 0.05) is 50.5 Å². The van der Waals surface area contributed by atoms with Gasteiger partial charge in [0.15, 0.2) is 5.69 Å². The SMILES string of the molecule is O=C(NCCCCN1CCN(c2ncccn2)CC1)c1n[nH]c2ccccc12. The Morgan fingerprint density at radius 1 is 1.04 bits per heavy atom.